The van der Waals surface area contributed by atoms with E-state index in [1.54, 1.807) is 13.0 Å². The van der Waals surface area contributed by atoms with E-state index in [4.69, 9.17) is 0 Å². The smallest absolute Gasteiger partial charge is 0.297 e. The Morgan fingerprint density at radius 2 is 2.00 bits per heavy atom. The summed E-state index contributed by atoms with van der Waals surface area (Å²) in [6.45, 7) is 1.66. The average molecular weight is 228 g/mol. The molecule has 0 aliphatic rings. The predicted octanol–water partition coefficient (Wildman–Crippen LogP) is 2.02. The van der Waals surface area contributed by atoms with Crippen LogP contribution in [0.15, 0.2) is 29.2 Å². The second-order valence-electron chi connectivity index (χ2n) is 3.41. The van der Waals surface area contributed by atoms with Gasteiger partial charge in [0.05, 0.1) is 0 Å². The molecule has 0 atom stereocenters. The topological polar surface area (TPSA) is 34.4 Å². The normalized spacial score (nSPS) is 12.0. The molecule has 6 heteroatoms. The third kappa shape index (κ3) is 1.78. The summed E-state index contributed by atoms with van der Waals surface area (Å²) in [6, 6.07) is 3.47. The molecule has 2 aromatic rings. The van der Waals surface area contributed by atoms with Crippen LogP contribution in [-0.2, 0) is 6.18 Å². The fourth-order valence-electron chi connectivity index (χ4n) is 1.43. The van der Waals surface area contributed by atoms with Crippen LogP contribution in [0.25, 0.3) is 5.65 Å². The van der Waals surface area contributed by atoms with Crippen molar-refractivity contribution in [3.8, 4) is 0 Å². The minimum Gasteiger partial charge on any atom is -0.297 e. The molecule has 3 nitrogen and oxygen atoms in total. The molecule has 0 unspecified atom stereocenters. The van der Waals surface area contributed by atoms with Crippen LogP contribution in [-0.4, -0.2) is 9.38 Å². The molecule has 2 rings (SSSR count). The van der Waals surface area contributed by atoms with E-state index >= 15 is 0 Å². The highest BCUT2D eigenvalue weighted by Crippen LogP contribution is 2.28. The minimum atomic E-state index is -4.57. The standard InChI is InChI=1S/C10H7F3N2O/c1-6-2-3-8-14-9(16)4-7(10(11,12)13)15(8)5-6/h2-5H,1H3. The Bertz CT molecular complexity index is 601. The lowest BCUT2D eigenvalue weighted by atomic mass is 10.3. The fourth-order valence-corrected chi connectivity index (χ4v) is 1.43. The lowest BCUT2D eigenvalue weighted by Crippen LogP contribution is -2.19. The van der Waals surface area contributed by atoms with E-state index in [9.17, 15) is 18.0 Å². The Labute approximate surface area is 88.2 Å². The van der Waals surface area contributed by atoms with Crippen molar-refractivity contribution in [2.45, 2.75) is 13.1 Å². The maximum atomic E-state index is 12.6. The molecule has 0 fully saturated rings. The molecular formula is C10H7F3N2O. The Kier molecular flexibility index (Phi) is 2.22. The highest BCUT2D eigenvalue weighted by atomic mass is 19.4. The fraction of sp³-hybridized carbons (Fsp3) is 0.200. The summed E-state index contributed by atoms with van der Waals surface area (Å²) >= 11 is 0. The molecule has 0 amide bonds. The van der Waals surface area contributed by atoms with Crippen LogP contribution in [0.2, 0.25) is 0 Å². The number of aryl methyl sites for hydroxylation is 1. The van der Waals surface area contributed by atoms with E-state index in [1.165, 1.54) is 12.3 Å². The molecule has 0 saturated heterocycles. The molecule has 0 aliphatic heterocycles. The first kappa shape index (κ1) is 10.7. The van der Waals surface area contributed by atoms with Crippen molar-refractivity contribution in [3.05, 3.63) is 46.0 Å². The van der Waals surface area contributed by atoms with Crippen molar-refractivity contribution in [3.63, 3.8) is 0 Å². The van der Waals surface area contributed by atoms with Gasteiger partial charge in [-0.1, -0.05) is 6.07 Å². The van der Waals surface area contributed by atoms with Crippen LogP contribution in [0, 0.1) is 6.92 Å². The van der Waals surface area contributed by atoms with Crippen molar-refractivity contribution >= 4 is 5.65 Å². The first-order valence-corrected chi connectivity index (χ1v) is 4.45. The first-order valence-electron chi connectivity index (χ1n) is 4.45. The van der Waals surface area contributed by atoms with Gasteiger partial charge in [-0.15, -0.1) is 0 Å². The largest absolute Gasteiger partial charge is 0.432 e. The number of rotatable bonds is 0. The molecule has 0 radical (unpaired) electrons. The molecule has 2 heterocycles. The highest BCUT2D eigenvalue weighted by molar-refractivity contribution is 5.41. The molecule has 0 aromatic carbocycles. The van der Waals surface area contributed by atoms with E-state index in [0.717, 1.165) is 4.40 Å². The Morgan fingerprint density at radius 1 is 1.31 bits per heavy atom. The van der Waals surface area contributed by atoms with Crippen molar-refractivity contribution in [1.82, 2.24) is 9.38 Å². The van der Waals surface area contributed by atoms with Gasteiger partial charge in [-0.05, 0) is 18.6 Å². The third-order valence-electron chi connectivity index (χ3n) is 2.11. The highest BCUT2D eigenvalue weighted by Gasteiger charge is 2.33. The monoisotopic (exact) mass is 228 g/mol. The summed E-state index contributed by atoms with van der Waals surface area (Å²) in [6.07, 6.45) is -3.27. The zero-order valence-corrected chi connectivity index (χ0v) is 8.25. The van der Waals surface area contributed by atoms with Gasteiger partial charge in [0.25, 0.3) is 5.56 Å². The molecule has 16 heavy (non-hydrogen) atoms. The number of hydrogen-bond donors (Lipinski definition) is 0. The second kappa shape index (κ2) is 3.33. The molecule has 0 N–H and O–H groups in total. The van der Waals surface area contributed by atoms with Crippen molar-refractivity contribution in [2.24, 2.45) is 0 Å². The number of hydrogen-bond acceptors (Lipinski definition) is 2. The molecule has 2 aromatic heterocycles. The number of fused-ring (bicyclic) bond motifs is 1. The Balaban J connectivity index is 2.91. The van der Waals surface area contributed by atoms with Gasteiger partial charge in [0.15, 0.2) is 0 Å². The molecule has 0 saturated carbocycles. The first-order chi connectivity index (χ1) is 7.38. The van der Waals surface area contributed by atoms with Crippen LogP contribution >= 0.6 is 0 Å². The van der Waals surface area contributed by atoms with Crippen molar-refractivity contribution in [1.29, 1.82) is 0 Å². The summed E-state index contributed by atoms with van der Waals surface area (Å²) in [5, 5.41) is 0. The van der Waals surface area contributed by atoms with Gasteiger partial charge >= 0.3 is 6.18 Å². The molecule has 0 aliphatic carbocycles. The van der Waals surface area contributed by atoms with Gasteiger partial charge in [0.1, 0.15) is 11.3 Å². The lowest BCUT2D eigenvalue weighted by molar-refractivity contribution is -0.142. The van der Waals surface area contributed by atoms with Crippen LogP contribution in [0.4, 0.5) is 13.2 Å². The zero-order chi connectivity index (χ0) is 11.9. The average Bonchev–Trinajstić information content (AvgIpc) is 2.16. The number of aromatic nitrogens is 2. The van der Waals surface area contributed by atoms with E-state index in [0.29, 0.717) is 11.6 Å². The Morgan fingerprint density at radius 3 is 2.62 bits per heavy atom. The van der Waals surface area contributed by atoms with Gasteiger partial charge < -0.3 is 0 Å². The van der Waals surface area contributed by atoms with Gasteiger partial charge in [-0.3, -0.25) is 9.20 Å². The van der Waals surface area contributed by atoms with Crippen molar-refractivity contribution in [2.75, 3.05) is 0 Å². The summed E-state index contributed by atoms with van der Waals surface area (Å²) in [5.41, 5.74) is -1.25. The molecular weight excluding hydrogens is 221 g/mol. The second-order valence-corrected chi connectivity index (χ2v) is 3.41. The summed E-state index contributed by atoms with van der Waals surface area (Å²) in [4.78, 5) is 14.5. The van der Waals surface area contributed by atoms with E-state index in [-0.39, 0.29) is 5.65 Å². The van der Waals surface area contributed by atoms with Crippen molar-refractivity contribution < 1.29 is 13.2 Å². The molecule has 0 spiro atoms. The number of alkyl halides is 3. The van der Waals surface area contributed by atoms with Crippen LogP contribution in [0.5, 0.6) is 0 Å². The minimum absolute atomic E-state index is 0.00887. The molecule has 84 valence electrons. The lowest BCUT2D eigenvalue weighted by Gasteiger charge is -2.11. The van der Waals surface area contributed by atoms with Gasteiger partial charge in [0.2, 0.25) is 0 Å². The van der Waals surface area contributed by atoms with Crippen LogP contribution in [0.3, 0.4) is 0 Å². The summed E-state index contributed by atoms with van der Waals surface area (Å²) < 4.78 is 38.8. The number of halogens is 3. The van der Waals surface area contributed by atoms with Gasteiger partial charge in [-0.25, -0.2) is 0 Å². The number of nitrogens with zero attached hydrogens (tertiary/aromatic N) is 2. The number of pyridine rings is 1. The molecule has 0 bridgehead atoms. The SMILES string of the molecule is Cc1ccc2nc(=O)cc(C(F)(F)F)n2c1. The maximum absolute atomic E-state index is 12.6. The van der Waals surface area contributed by atoms with Gasteiger partial charge in [-0.2, -0.15) is 18.2 Å². The van der Waals surface area contributed by atoms with E-state index < -0.39 is 17.4 Å². The van der Waals surface area contributed by atoms with Gasteiger partial charge in [0, 0.05) is 12.3 Å². The predicted molar refractivity (Wildman–Crippen MR) is 51.2 cm³/mol. The summed E-state index contributed by atoms with van der Waals surface area (Å²) in [5.74, 6) is 0. The summed E-state index contributed by atoms with van der Waals surface area (Å²) in [7, 11) is 0. The van der Waals surface area contributed by atoms with Crippen LogP contribution in [0.1, 0.15) is 11.3 Å². The maximum Gasteiger partial charge on any atom is 0.432 e. The van der Waals surface area contributed by atoms with Crippen LogP contribution < -0.4 is 5.56 Å². The van der Waals surface area contributed by atoms with E-state index in [2.05, 4.69) is 4.98 Å². The third-order valence-corrected chi connectivity index (χ3v) is 2.11. The Hall–Kier alpha value is -1.85. The zero-order valence-electron chi connectivity index (χ0n) is 8.25. The van der Waals surface area contributed by atoms with E-state index in [1.807, 2.05) is 0 Å². The quantitative estimate of drug-likeness (QED) is 0.691.